The summed E-state index contributed by atoms with van der Waals surface area (Å²) in [6, 6.07) is 8.70. The summed E-state index contributed by atoms with van der Waals surface area (Å²) in [5.74, 6) is -1.72. The minimum atomic E-state index is -0.759. The summed E-state index contributed by atoms with van der Waals surface area (Å²) in [6.45, 7) is 8.52. The number of aliphatic imine (C=N–C) groups is 1. The number of carbonyl (C=O) groups excluding carboxylic acids is 1. The van der Waals surface area contributed by atoms with Crippen molar-refractivity contribution < 1.29 is 13.9 Å². The maximum Gasteiger partial charge on any atom is 0.336 e. The van der Waals surface area contributed by atoms with Crippen LogP contribution in [0.3, 0.4) is 0 Å². The molecule has 0 aliphatic carbocycles. The topological polar surface area (TPSA) is 116 Å². The number of allylic oxidation sites excluding steroid dienone is 1. The van der Waals surface area contributed by atoms with Crippen molar-refractivity contribution in [1.29, 1.82) is 10.5 Å². The van der Waals surface area contributed by atoms with Crippen LogP contribution in [0.2, 0.25) is 0 Å². The molecule has 152 valence electrons. The fourth-order valence-corrected chi connectivity index (χ4v) is 3.82. The van der Waals surface area contributed by atoms with Gasteiger partial charge in [0.05, 0.1) is 34.6 Å². The van der Waals surface area contributed by atoms with Crippen molar-refractivity contribution in [1.82, 2.24) is 0 Å². The standard InChI is InChI=1S/C23H21N3O4/c1-11(2)29-23(28)19-14(5)26-13(4)17(10-25)21(19)16-7-6-15(9-24)20-18(27)8-12(3)30-22(16)20/h6-8,11,17,21H,1-5H3. The summed E-state index contributed by atoms with van der Waals surface area (Å²) < 4.78 is 11.3. The highest BCUT2D eigenvalue weighted by atomic mass is 16.5. The molecule has 2 heterocycles. The fourth-order valence-electron chi connectivity index (χ4n) is 3.82. The van der Waals surface area contributed by atoms with Gasteiger partial charge in [-0.05, 0) is 40.7 Å². The van der Waals surface area contributed by atoms with Crippen LogP contribution in [-0.4, -0.2) is 17.8 Å². The van der Waals surface area contributed by atoms with Gasteiger partial charge in [-0.25, -0.2) is 4.79 Å². The molecule has 0 spiro atoms. The lowest BCUT2D eigenvalue weighted by molar-refractivity contribution is -0.143. The maximum atomic E-state index is 13.0. The molecular formula is C23H21N3O4. The molecule has 0 radical (unpaired) electrons. The first-order chi connectivity index (χ1) is 14.2. The van der Waals surface area contributed by atoms with E-state index in [0.717, 1.165) is 0 Å². The van der Waals surface area contributed by atoms with Gasteiger partial charge in [-0.1, -0.05) is 6.07 Å². The zero-order chi connectivity index (χ0) is 22.2. The van der Waals surface area contributed by atoms with Crippen LogP contribution in [-0.2, 0) is 9.53 Å². The number of carbonyl (C=O) groups is 1. The number of nitriles is 2. The number of rotatable bonds is 3. The lowest BCUT2D eigenvalue weighted by Gasteiger charge is -2.29. The first kappa shape index (κ1) is 21.0. The number of fused-ring (bicyclic) bond motifs is 1. The fraction of sp³-hybridized carbons (Fsp3) is 0.348. The lowest BCUT2D eigenvalue weighted by Crippen LogP contribution is -2.30. The zero-order valence-corrected chi connectivity index (χ0v) is 17.4. The Morgan fingerprint density at radius 1 is 1.23 bits per heavy atom. The molecule has 1 aliphatic heterocycles. The Bertz CT molecular complexity index is 1250. The smallest absolute Gasteiger partial charge is 0.336 e. The second kappa shape index (κ2) is 7.96. The molecule has 7 heteroatoms. The second-order valence-corrected chi connectivity index (χ2v) is 7.53. The van der Waals surface area contributed by atoms with Crippen LogP contribution in [0.25, 0.3) is 11.0 Å². The molecule has 2 aromatic rings. The molecule has 0 saturated carbocycles. The van der Waals surface area contributed by atoms with Gasteiger partial charge in [-0.3, -0.25) is 9.79 Å². The lowest BCUT2D eigenvalue weighted by atomic mass is 9.75. The third-order valence-corrected chi connectivity index (χ3v) is 5.02. The predicted molar refractivity (Wildman–Crippen MR) is 111 cm³/mol. The molecule has 2 atom stereocenters. The molecule has 7 nitrogen and oxygen atoms in total. The van der Waals surface area contributed by atoms with Crippen LogP contribution >= 0.6 is 0 Å². The van der Waals surface area contributed by atoms with E-state index >= 15 is 0 Å². The Balaban J connectivity index is 2.39. The molecule has 1 aromatic carbocycles. The van der Waals surface area contributed by atoms with E-state index in [2.05, 4.69) is 11.1 Å². The molecule has 0 saturated heterocycles. The maximum absolute atomic E-state index is 13.0. The highest BCUT2D eigenvalue weighted by Gasteiger charge is 2.39. The van der Waals surface area contributed by atoms with E-state index in [4.69, 9.17) is 9.15 Å². The molecule has 0 bridgehead atoms. The molecule has 0 N–H and O–H groups in total. The quantitative estimate of drug-likeness (QED) is 0.718. The molecule has 1 aliphatic rings. The van der Waals surface area contributed by atoms with Crippen LogP contribution in [0.4, 0.5) is 0 Å². The van der Waals surface area contributed by atoms with Gasteiger partial charge in [-0.2, -0.15) is 10.5 Å². The van der Waals surface area contributed by atoms with Crippen LogP contribution in [0.15, 0.2) is 43.7 Å². The Labute approximate surface area is 173 Å². The molecule has 3 rings (SSSR count). The van der Waals surface area contributed by atoms with Crippen molar-refractivity contribution >= 4 is 22.7 Å². The molecule has 1 aromatic heterocycles. The number of ether oxygens (including phenoxy) is 1. The monoisotopic (exact) mass is 403 g/mol. The van der Waals surface area contributed by atoms with Crippen molar-refractivity contribution in [2.24, 2.45) is 10.9 Å². The summed E-state index contributed by atoms with van der Waals surface area (Å²) in [7, 11) is 0. The highest BCUT2D eigenvalue weighted by Crippen LogP contribution is 2.42. The molecule has 2 unspecified atom stereocenters. The number of hydrogen-bond acceptors (Lipinski definition) is 7. The minimum absolute atomic E-state index is 0.131. The molecule has 30 heavy (non-hydrogen) atoms. The van der Waals surface area contributed by atoms with Crippen LogP contribution in [0.5, 0.6) is 0 Å². The number of aryl methyl sites for hydroxylation is 1. The van der Waals surface area contributed by atoms with Crippen molar-refractivity contribution in [3.8, 4) is 12.1 Å². The van der Waals surface area contributed by atoms with Gasteiger partial charge < -0.3 is 9.15 Å². The normalized spacial score (nSPS) is 18.7. The third kappa shape index (κ3) is 3.51. The Kier molecular flexibility index (Phi) is 5.58. The summed E-state index contributed by atoms with van der Waals surface area (Å²) >= 11 is 0. The third-order valence-electron chi connectivity index (χ3n) is 5.02. The van der Waals surface area contributed by atoms with E-state index in [1.165, 1.54) is 12.1 Å². The summed E-state index contributed by atoms with van der Waals surface area (Å²) in [5, 5.41) is 19.5. The van der Waals surface area contributed by atoms with Gasteiger partial charge in [0.2, 0.25) is 0 Å². The minimum Gasteiger partial charge on any atom is -0.461 e. The average Bonchev–Trinajstić information content (AvgIpc) is 2.65. The SMILES string of the molecule is CC1=NC(C)=C(C(=O)OC(C)C)C(c2ccc(C#N)c3c(=O)cc(C)oc23)C1C#N. The second-order valence-electron chi connectivity index (χ2n) is 7.53. The number of esters is 1. The van der Waals surface area contributed by atoms with E-state index in [1.807, 2.05) is 6.07 Å². The zero-order valence-electron chi connectivity index (χ0n) is 17.4. The molecule has 0 amide bonds. The summed E-state index contributed by atoms with van der Waals surface area (Å²) in [4.78, 5) is 30.0. The van der Waals surface area contributed by atoms with Crippen molar-refractivity contribution in [2.75, 3.05) is 0 Å². The number of nitrogens with zero attached hydrogens (tertiary/aromatic N) is 3. The van der Waals surface area contributed by atoms with E-state index in [-0.39, 0.29) is 33.6 Å². The summed E-state index contributed by atoms with van der Waals surface area (Å²) in [5.41, 5.74) is 1.73. The van der Waals surface area contributed by atoms with Gasteiger partial charge in [0, 0.05) is 29.0 Å². The Morgan fingerprint density at radius 2 is 1.93 bits per heavy atom. The van der Waals surface area contributed by atoms with E-state index in [0.29, 0.717) is 22.7 Å². The van der Waals surface area contributed by atoms with Crippen LogP contribution < -0.4 is 5.43 Å². The van der Waals surface area contributed by atoms with Crippen molar-refractivity contribution in [3.63, 3.8) is 0 Å². The van der Waals surface area contributed by atoms with Gasteiger partial charge in [-0.15, -0.1) is 0 Å². The van der Waals surface area contributed by atoms with Gasteiger partial charge in [0.1, 0.15) is 17.4 Å². The van der Waals surface area contributed by atoms with Crippen LogP contribution in [0.1, 0.15) is 50.5 Å². The molecular weight excluding hydrogens is 382 g/mol. The van der Waals surface area contributed by atoms with E-state index < -0.39 is 17.8 Å². The van der Waals surface area contributed by atoms with Crippen LogP contribution in [0, 0.1) is 35.5 Å². The van der Waals surface area contributed by atoms with Gasteiger partial charge >= 0.3 is 5.97 Å². The first-order valence-corrected chi connectivity index (χ1v) is 9.53. The first-order valence-electron chi connectivity index (χ1n) is 9.53. The van der Waals surface area contributed by atoms with E-state index in [9.17, 15) is 20.1 Å². The van der Waals surface area contributed by atoms with Crippen molar-refractivity contribution in [3.05, 3.63) is 56.6 Å². The highest BCUT2D eigenvalue weighted by molar-refractivity contribution is 6.00. The van der Waals surface area contributed by atoms with Crippen molar-refractivity contribution in [2.45, 2.75) is 46.6 Å². The number of hydrogen-bond donors (Lipinski definition) is 0. The largest absolute Gasteiger partial charge is 0.461 e. The number of benzene rings is 1. The average molecular weight is 403 g/mol. The Hall–Kier alpha value is -3.71. The van der Waals surface area contributed by atoms with Gasteiger partial charge in [0.25, 0.3) is 0 Å². The Morgan fingerprint density at radius 3 is 2.53 bits per heavy atom. The predicted octanol–water partition coefficient (Wildman–Crippen LogP) is 3.90. The van der Waals surface area contributed by atoms with Gasteiger partial charge in [0.15, 0.2) is 5.43 Å². The van der Waals surface area contributed by atoms with E-state index in [1.54, 1.807) is 40.7 Å². The summed E-state index contributed by atoms with van der Waals surface area (Å²) in [6.07, 6.45) is -0.358. The molecule has 0 fully saturated rings.